The molecule has 0 aromatic heterocycles. The molecule has 1 aliphatic rings. The van der Waals surface area contributed by atoms with Crippen molar-refractivity contribution in [1.82, 2.24) is 4.90 Å². The third kappa shape index (κ3) is 2.47. The number of hydrogen-bond donors (Lipinski definition) is 0. The lowest BCUT2D eigenvalue weighted by molar-refractivity contribution is 0.0697. The Morgan fingerprint density at radius 2 is 2.00 bits per heavy atom. The van der Waals surface area contributed by atoms with E-state index in [4.69, 9.17) is 5.26 Å². The van der Waals surface area contributed by atoms with Gasteiger partial charge in [-0.05, 0) is 30.9 Å². The maximum Gasteiger partial charge on any atom is 0.255 e. The minimum atomic E-state index is -0.00551. The van der Waals surface area contributed by atoms with E-state index in [1.165, 1.54) is 0 Å². The number of likely N-dealkylation sites (tertiary alicyclic amines) is 1. The van der Waals surface area contributed by atoms with Crippen molar-refractivity contribution in [2.24, 2.45) is 5.92 Å². The quantitative estimate of drug-likeness (QED) is 0.741. The van der Waals surface area contributed by atoms with E-state index in [9.17, 15) is 4.79 Å². The lowest BCUT2D eigenvalue weighted by Gasteiger charge is -2.30. The second kappa shape index (κ2) is 5.01. The van der Waals surface area contributed by atoms with E-state index >= 15 is 0 Å². The molecule has 1 amide bonds. The van der Waals surface area contributed by atoms with E-state index in [1.807, 2.05) is 4.90 Å². The highest BCUT2D eigenvalue weighted by molar-refractivity contribution is 5.96. The maximum atomic E-state index is 12.3. The Morgan fingerprint density at radius 3 is 2.65 bits per heavy atom. The molecule has 1 aromatic rings. The van der Waals surface area contributed by atoms with Crippen LogP contribution in [0.1, 0.15) is 35.7 Å². The van der Waals surface area contributed by atoms with Gasteiger partial charge in [-0.1, -0.05) is 19.1 Å². The highest BCUT2D eigenvalue weighted by Gasteiger charge is 2.22. The highest BCUT2D eigenvalue weighted by atomic mass is 16.2. The average Bonchev–Trinajstić information content (AvgIpc) is 2.39. The van der Waals surface area contributed by atoms with Crippen LogP contribution in [0.15, 0.2) is 24.3 Å². The average molecular weight is 228 g/mol. The van der Waals surface area contributed by atoms with Crippen molar-refractivity contribution < 1.29 is 4.79 Å². The Kier molecular flexibility index (Phi) is 3.43. The predicted octanol–water partition coefficient (Wildman–Crippen LogP) is 2.43. The van der Waals surface area contributed by atoms with Crippen molar-refractivity contribution in [3.05, 3.63) is 35.4 Å². The highest BCUT2D eigenvalue weighted by Crippen LogP contribution is 2.19. The molecule has 1 fully saturated rings. The summed E-state index contributed by atoms with van der Waals surface area (Å²) in [6.07, 6.45) is 2.11. The lowest BCUT2D eigenvalue weighted by atomic mass is 9.98. The molecule has 17 heavy (non-hydrogen) atoms. The van der Waals surface area contributed by atoms with Gasteiger partial charge in [0.05, 0.1) is 17.2 Å². The Labute approximate surface area is 102 Å². The second-order valence-corrected chi connectivity index (χ2v) is 4.63. The van der Waals surface area contributed by atoms with Gasteiger partial charge in [0.25, 0.3) is 5.91 Å². The summed E-state index contributed by atoms with van der Waals surface area (Å²) in [5, 5.41) is 8.99. The van der Waals surface area contributed by atoms with Gasteiger partial charge in [-0.3, -0.25) is 4.79 Å². The predicted molar refractivity (Wildman–Crippen MR) is 65.5 cm³/mol. The summed E-state index contributed by atoms with van der Waals surface area (Å²) in [5.41, 5.74) is 1.00. The first-order valence-electron chi connectivity index (χ1n) is 6.00. The van der Waals surface area contributed by atoms with Crippen LogP contribution in [0.2, 0.25) is 0 Å². The van der Waals surface area contributed by atoms with Crippen LogP contribution in [0.4, 0.5) is 0 Å². The molecule has 0 unspecified atom stereocenters. The van der Waals surface area contributed by atoms with Gasteiger partial charge in [0.15, 0.2) is 0 Å². The zero-order chi connectivity index (χ0) is 12.3. The van der Waals surface area contributed by atoms with E-state index in [0.717, 1.165) is 25.9 Å². The number of nitrogens with zero attached hydrogens (tertiary/aromatic N) is 2. The number of rotatable bonds is 1. The Bertz CT molecular complexity index is 454. The van der Waals surface area contributed by atoms with Crippen molar-refractivity contribution in [1.29, 1.82) is 5.26 Å². The van der Waals surface area contributed by atoms with Gasteiger partial charge in [0.2, 0.25) is 0 Å². The van der Waals surface area contributed by atoms with Crippen LogP contribution in [0, 0.1) is 17.2 Å². The number of nitriles is 1. The van der Waals surface area contributed by atoms with Crippen molar-refractivity contribution in [3.63, 3.8) is 0 Å². The van der Waals surface area contributed by atoms with Crippen LogP contribution in [-0.4, -0.2) is 23.9 Å². The van der Waals surface area contributed by atoms with E-state index in [-0.39, 0.29) is 5.91 Å². The van der Waals surface area contributed by atoms with E-state index in [1.54, 1.807) is 24.3 Å². The minimum Gasteiger partial charge on any atom is -0.339 e. The topological polar surface area (TPSA) is 44.1 Å². The monoisotopic (exact) mass is 228 g/mol. The van der Waals surface area contributed by atoms with Gasteiger partial charge in [0, 0.05) is 13.1 Å². The van der Waals surface area contributed by atoms with Crippen molar-refractivity contribution in [3.8, 4) is 6.07 Å². The van der Waals surface area contributed by atoms with Crippen molar-refractivity contribution in [2.45, 2.75) is 19.8 Å². The number of benzene rings is 1. The summed E-state index contributed by atoms with van der Waals surface area (Å²) < 4.78 is 0. The smallest absolute Gasteiger partial charge is 0.255 e. The van der Waals surface area contributed by atoms with Gasteiger partial charge in [-0.15, -0.1) is 0 Å². The van der Waals surface area contributed by atoms with Gasteiger partial charge in [-0.25, -0.2) is 0 Å². The molecular weight excluding hydrogens is 212 g/mol. The molecule has 1 aliphatic heterocycles. The molecule has 0 aliphatic carbocycles. The third-order valence-electron chi connectivity index (χ3n) is 3.35. The molecular formula is C14H16N2O. The number of carbonyl (C=O) groups is 1. The molecule has 0 bridgehead atoms. The molecule has 2 rings (SSSR count). The molecule has 0 atom stereocenters. The molecule has 1 aromatic carbocycles. The van der Waals surface area contributed by atoms with Crippen molar-refractivity contribution >= 4 is 5.91 Å². The van der Waals surface area contributed by atoms with Crippen LogP contribution < -0.4 is 0 Å². The number of piperidine rings is 1. The third-order valence-corrected chi connectivity index (χ3v) is 3.35. The summed E-state index contributed by atoms with van der Waals surface area (Å²) in [6.45, 7) is 3.82. The number of carbonyl (C=O) groups excluding carboxylic acids is 1. The molecule has 0 spiro atoms. The fourth-order valence-electron chi connectivity index (χ4n) is 2.15. The Hall–Kier alpha value is -1.82. The molecule has 1 saturated heterocycles. The number of hydrogen-bond acceptors (Lipinski definition) is 2. The largest absolute Gasteiger partial charge is 0.339 e. The zero-order valence-corrected chi connectivity index (χ0v) is 10.0. The van der Waals surface area contributed by atoms with Crippen LogP contribution in [0.3, 0.4) is 0 Å². The lowest BCUT2D eigenvalue weighted by Crippen LogP contribution is -2.38. The molecule has 0 N–H and O–H groups in total. The van der Waals surface area contributed by atoms with E-state index in [2.05, 4.69) is 13.0 Å². The summed E-state index contributed by atoms with van der Waals surface area (Å²) in [5.74, 6) is 0.694. The van der Waals surface area contributed by atoms with E-state index < -0.39 is 0 Å². The summed E-state index contributed by atoms with van der Waals surface area (Å²) in [4.78, 5) is 14.1. The first kappa shape index (κ1) is 11.7. The summed E-state index contributed by atoms with van der Waals surface area (Å²) >= 11 is 0. The van der Waals surface area contributed by atoms with Crippen molar-refractivity contribution in [2.75, 3.05) is 13.1 Å². The van der Waals surface area contributed by atoms with Crippen LogP contribution in [0.25, 0.3) is 0 Å². The van der Waals surface area contributed by atoms with Crippen LogP contribution in [-0.2, 0) is 0 Å². The standard InChI is InChI=1S/C14H16N2O/c1-11-6-8-16(9-7-11)14(17)13-5-3-2-4-12(13)10-15/h2-5,11H,6-9H2,1H3. The normalized spacial score (nSPS) is 16.6. The fraction of sp³-hybridized carbons (Fsp3) is 0.429. The number of amides is 1. The summed E-state index contributed by atoms with van der Waals surface area (Å²) in [6, 6.07) is 9.10. The van der Waals surface area contributed by atoms with Gasteiger partial charge in [-0.2, -0.15) is 5.26 Å². The summed E-state index contributed by atoms with van der Waals surface area (Å²) in [7, 11) is 0. The Balaban J connectivity index is 2.17. The molecule has 1 heterocycles. The van der Waals surface area contributed by atoms with Crippen LogP contribution in [0.5, 0.6) is 0 Å². The maximum absolute atomic E-state index is 12.3. The SMILES string of the molecule is CC1CCN(C(=O)c2ccccc2C#N)CC1. The molecule has 88 valence electrons. The van der Waals surface area contributed by atoms with Gasteiger partial charge < -0.3 is 4.90 Å². The molecule has 0 saturated carbocycles. The first-order chi connectivity index (χ1) is 8.22. The van der Waals surface area contributed by atoms with Gasteiger partial charge >= 0.3 is 0 Å². The molecule has 3 heteroatoms. The van der Waals surface area contributed by atoms with E-state index in [0.29, 0.717) is 17.0 Å². The van der Waals surface area contributed by atoms with Crippen LogP contribution >= 0.6 is 0 Å². The zero-order valence-electron chi connectivity index (χ0n) is 10.0. The van der Waals surface area contributed by atoms with Gasteiger partial charge in [0.1, 0.15) is 0 Å². The molecule has 0 radical (unpaired) electrons. The first-order valence-corrected chi connectivity index (χ1v) is 6.00. The molecule has 3 nitrogen and oxygen atoms in total. The fourth-order valence-corrected chi connectivity index (χ4v) is 2.15. The second-order valence-electron chi connectivity index (χ2n) is 4.63. The Morgan fingerprint density at radius 1 is 1.35 bits per heavy atom. The minimum absolute atomic E-state index is 0.00551.